The summed E-state index contributed by atoms with van der Waals surface area (Å²) in [6, 6.07) is 16.5. The molecule has 0 heterocycles. The topological polar surface area (TPSA) is 58.6 Å². The van der Waals surface area contributed by atoms with E-state index < -0.39 is 0 Å². The second-order valence-corrected chi connectivity index (χ2v) is 5.80. The molecule has 0 aliphatic heterocycles. The Labute approximate surface area is 143 Å². The lowest BCUT2D eigenvalue weighted by molar-refractivity contribution is -0.122. The molecule has 2 aromatic carbocycles. The Morgan fingerprint density at radius 3 is 2.21 bits per heavy atom. The van der Waals surface area contributed by atoms with Crippen LogP contribution in [0.1, 0.15) is 25.8 Å². The summed E-state index contributed by atoms with van der Waals surface area (Å²) in [5.41, 5.74) is 3.47. The minimum Gasteiger partial charge on any atom is -0.494 e. The fraction of sp³-hybridized carbons (Fsp3) is 0.350. The average molecular weight is 327 g/mol. The van der Waals surface area contributed by atoms with Crippen molar-refractivity contribution in [3.8, 4) is 16.9 Å². The van der Waals surface area contributed by atoms with E-state index in [9.17, 15) is 4.79 Å². The van der Waals surface area contributed by atoms with Crippen LogP contribution in [0.25, 0.3) is 11.1 Å². The summed E-state index contributed by atoms with van der Waals surface area (Å²) >= 11 is 0. The number of carbonyl (C=O) groups is 1. The van der Waals surface area contributed by atoms with Crippen molar-refractivity contribution < 1.29 is 14.6 Å². The van der Waals surface area contributed by atoms with Crippen LogP contribution < -0.4 is 10.1 Å². The third kappa shape index (κ3) is 5.39. The smallest absolute Gasteiger partial charge is 0.222 e. The zero-order valence-electron chi connectivity index (χ0n) is 14.3. The first kappa shape index (κ1) is 18.0. The summed E-state index contributed by atoms with van der Waals surface area (Å²) in [5, 5.41) is 11.6. The van der Waals surface area contributed by atoms with E-state index in [1.54, 1.807) is 0 Å². The van der Waals surface area contributed by atoms with Crippen molar-refractivity contribution in [2.24, 2.45) is 0 Å². The standard InChI is InChI=1S/C20H25NO3/c1-3-24-19-10-8-18(9-11-19)17-6-4-16(5-7-17)14-15(2)21-20(23)12-13-22/h4-11,15,22H,3,12-14H2,1-2H3,(H,21,23). The third-order valence-corrected chi connectivity index (χ3v) is 3.74. The molecule has 0 saturated carbocycles. The molecule has 1 amide bonds. The van der Waals surface area contributed by atoms with E-state index in [0.29, 0.717) is 6.61 Å². The van der Waals surface area contributed by atoms with Crippen LogP contribution in [-0.4, -0.2) is 30.3 Å². The van der Waals surface area contributed by atoms with Crippen molar-refractivity contribution in [2.75, 3.05) is 13.2 Å². The van der Waals surface area contributed by atoms with Gasteiger partial charge in [0.15, 0.2) is 0 Å². The van der Waals surface area contributed by atoms with Crippen molar-refractivity contribution in [3.05, 3.63) is 54.1 Å². The van der Waals surface area contributed by atoms with Crippen molar-refractivity contribution in [1.29, 1.82) is 0 Å². The number of hydrogen-bond acceptors (Lipinski definition) is 3. The summed E-state index contributed by atoms with van der Waals surface area (Å²) in [7, 11) is 0. The lowest BCUT2D eigenvalue weighted by Crippen LogP contribution is -2.34. The predicted octanol–water partition coefficient (Wildman–Crippen LogP) is 3.18. The van der Waals surface area contributed by atoms with Gasteiger partial charge in [-0.1, -0.05) is 36.4 Å². The maximum atomic E-state index is 11.5. The first-order valence-electron chi connectivity index (χ1n) is 8.34. The van der Waals surface area contributed by atoms with Gasteiger partial charge in [0.05, 0.1) is 13.2 Å². The van der Waals surface area contributed by atoms with E-state index in [1.165, 1.54) is 5.56 Å². The molecule has 1 unspecified atom stereocenters. The molecule has 0 radical (unpaired) electrons. The van der Waals surface area contributed by atoms with Gasteiger partial charge in [0.1, 0.15) is 5.75 Å². The number of aliphatic hydroxyl groups excluding tert-OH is 1. The number of aliphatic hydroxyl groups is 1. The summed E-state index contributed by atoms with van der Waals surface area (Å²) in [4.78, 5) is 11.5. The van der Waals surface area contributed by atoms with Crippen LogP contribution in [0, 0.1) is 0 Å². The van der Waals surface area contributed by atoms with Crippen LogP contribution >= 0.6 is 0 Å². The molecule has 1 atom stereocenters. The Morgan fingerprint density at radius 1 is 1.08 bits per heavy atom. The van der Waals surface area contributed by atoms with Crippen LogP contribution in [0.15, 0.2) is 48.5 Å². The van der Waals surface area contributed by atoms with Gasteiger partial charge in [-0.05, 0) is 49.1 Å². The highest BCUT2D eigenvalue weighted by Crippen LogP contribution is 2.23. The number of rotatable bonds is 8. The summed E-state index contributed by atoms with van der Waals surface area (Å²) in [6.45, 7) is 4.49. The fourth-order valence-corrected chi connectivity index (χ4v) is 2.60. The van der Waals surface area contributed by atoms with E-state index >= 15 is 0 Å². The van der Waals surface area contributed by atoms with E-state index in [0.717, 1.165) is 23.3 Å². The Kier molecular flexibility index (Phi) is 6.82. The molecule has 0 saturated heterocycles. The minimum absolute atomic E-state index is 0.0420. The highest BCUT2D eigenvalue weighted by molar-refractivity contribution is 5.76. The molecule has 0 aliphatic carbocycles. The number of ether oxygens (including phenoxy) is 1. The van der Waals surface area contributed by atoms with Gasteiger partial charge < -0.3 is 15.2 Å². The summed E-state index contributed by atoms with van der Waals surface area (Å²) in [5.74, 6) is 0.765. The number of amides is 1. The van der Waals surface area contributed by atoms with Crippen LogP contribution in [0.3, 0.4) is 0 Å². The van der Waals surface area contributed by atoms with E-state index in [4.69, 9.17) is 9.84 Å². The fourth-order valence-electron chi connectivity index (χ4n) is 2.60. The van der Waals surface area contributed by atoms with E-state index in [1.807, 2.05) is 26.0 Å². The number of benzene rings is 2. The number of nitrogens with one attached hydrogen (secondary N) is 1. The molecular weight excluding hydrogens is 302 g/mol. The Morgan fingerprint density at radius 2 is 1.67 bits per heavy atom. The second-order valence-electron chi connectivity index (χ2n) is 5.80. The van der Waals surface area contributed by atoms with Crippen LogP contribution in [0.4, 0.5) is 0 Å². The van der Waals surface area contributed by atoms with Gasteiger partial charge in [0.25, 0.3) is 0 Å². The van der Waals surface area contributed by atoms with Gasteiger partial charge in [-0.2, -0.15) is 0 Å². The molecular formula is C20H25NO3. The molecule has 0 aromatic heterocycles. The SMILES string of the molecule is CCOc1ccc(-c2ccc(CC(C)NC(=O)CCO)cc2)cc1. The largest absolute Gasteiger partial charge is 0.494 e. The second kappa shape index (κ2) is 9.08. The molecule has 2 rings (SSSR count). The molecule has 128 valence electrons. The third-order valence-electron chi connectivity index (χ3n) is 3.74. The number of hydrogen-bond donors (Lipinski definition) is 2. The lowest BCUT2D eigenvalue weighted by atomic mass is 10.0. The molecule has 4 nitrogen and oxygen atoms in total. The maximum Gasteiger partial charge on any atom is 0.222 e. The van der Waals surface area contributed by atoms with Crippen molar-refractivity contribution in [3.63, 3.8) is 0 Å². The highest BCUT2D eigenvalue weighted by Gasteiger charge is 2.08. The first-order chi connectivity index (χ1) is 11.6. The summed E-state index contributed by atoms with van der Waals surface area (Å²) in [6.07, 6.45) is 0.918. The van der Waals surface area contributed by atoms with Gasteiger partial charge in [0.2, 0.25) is 5.91 Å². The van der Waals surface area contributed by atoms with Gasteiger partial charge in [-0.25, -0.2) is 0 Å². The summed E-state index contributed by atoms with van der Waals surface area (Å²) < 4.78 is 5.46. The molecule has 0 bridgehead atoms. The number of carbonyl (C=O) groups excluding carboxylic acids is 1. The highest BCUT2D eigenvalue weighted by atomic mass is 16.5. The van der Waals surface area contributed by atoms with Crippen molar-refractivity contribution >= 4 is 5.91 Å². The molecule has 0 aliphatic rings. The minimum atomic E-state index is -0.116. The molecule has 0 fully saturated rings. The first-order valence-corrected chi connectivity index (χ1v) is 8.34. The Bertz CT molecular complexity index is 635. The average Bonchev–Trinajstić information content (AvgIpc) is 2.57. The quantitative estimate of drug-likeness (QED) is 0.783. The monoisotopic (exact) mass is 327 g/mol. The van der Waals surface area contributed by atoms with Crippen LogP contribution in [0.2, 0.25) is 0 Å². The van der Waals surface area contributed by atoms with Crippen LogP contribution in [-0.2, 0) is 11.2 Å². The van der Waals surface area contributed by atoms with Gasteiger partial charge in [0, 0.05) is 12.5 Å². The molecule has 2 aromatic rings. The maximum absolute atomic E-state index is 11.5. The molecule has 2 N–H and O–H groups in total. The normalized spacial score (nSPS) is 11.8. The van der Waals surface area contributed by atoms with E-state index in [2.05, 4.69) is 41.7 Å². The zero-order valence-corrected chi connectivity index (χ0v) is 14.3. The predicted molar refractivity (Wildman–Crippen MR) is 96.1 cm³/mol. The van der Waals surface area contributed by atoms with Gasteiger partial charge in [-0.3, -0.25) is 4.79 Å². The van der Waals surface area contributed by atoms with E-state index in [-0.39, 0.29) is 25.0 Å². The zero-order chi connectivity index (χ0) is 17.4. The van der Waals surface area contributed by atoms with Gasteiger partial charge in [-0.15, -0.1) is 0 Å². The van der Waals surface area contributed by atoms with Crippen molar-refractivity contribution in [1.82, 2.24) is 5.32 Å². The molecule has 4 heteroatoms. The Hall–Kier alpha value is -2.33. The lowest BCUT2D eigenvalue weighted by Gasteiger charge is -2.14. The Balaban J connectivity index is 1.96. The van der Waals surface area contributed by atoms with Crippen LogP contribution in [0.5, 0.6) is 5.75 Å². The van der Waals surface area contributed by atoms with Gasteiger partial charge >= 0.3 is 0 Å². The van der Waals surface area contributed by atoms with Crippen molar-refractivity contribution in [2.45, 2.75) is 32.7 Å². The molecule has 24 heavy (non-hydrogen) atoms. The molecule has 0 spiro atoms.